The largest absolute Gasteiger partial charge is 0.357 e. The van der Waals surface area contributed by atoms with Crippen molar-refractivity contribution in [1.29, 1.82) is 0 Å². The second kappa shape index (κ2) is 10.1. The van der Waals surface area contributed by atoms with E-state index in [0.717, 1.165) is 12.1 Å². The fraction of sp³-hybridized carbons (Fsp3) is 0.438. The molecule has 132 valence electrons. The average Bonchev–Trinajstić information content (AvgIpc) is 2.84. The SMILES string of the molecule is CCNC(=NCc1cccc(C)c1)NCCN1C(=O)CNC1=O.I. The van der Waals surface area contributed by atoms with Gasteiger partial charge in [-0.05, 0) is 19.4 Å². The van der Waals surface area contributed by atoms with Gasteiger partial charge in [-0.25, -0.2) is 9.79 Å². The summed E-state index contributed by atoms with van der Waals surface area (Å²) < 4.78 is 0. The van der Waals surface area contributed by atoms with Crippen LogP contribution in [0, 0.1) is 6.92 Å². The topological polar surface area (TPSA) is 85.8 Å². The summed E-state index contributed by atoms with van der Waals surface area (Å²) in [7, 11) is 0. The van der Waals surface area contributed by atoms with Gasteiger partial charge in [0.2, 0.25) is 5.91 Å². The first-order valence-electron chi connectivity index (χ1n) is 7.76. The summed E-state index contributed by atoms with van der Waals surface area (Å²) in [5.74, 6) is 0.472. The van der Waals surface area contributed by atoms with Crippen molar-refractivity contribution in [3.8, 4) is 0 Å². The quantitative estimate of drug-likeness (QED) is 0.266. The van der Waals surface area contributed by atoms with Crippen molar-refractivity contribution in [3.63, 3.8) is 0 Å². The Morgan fingerprint density at radius 2 is 2.12 bits per heavy atom. The molecule has 1 aromatic rings. The van der Waals surface area contributed by atoms with Crippen LogP contribution in [0.4, 0.5) is 4.79 Å². The van der Waals surface area contributed by atoms with Gasteiger partial charge in [-0.3, -0.25) is 9.69 Å². The summed E-state index contributed by atoms with van der Waals surface area (Å²) in [6, 6.07) is 7.86. The highest BCUT2D eigenvalue weighted by Gasteiger charge is 2.27. The number of hydrogen-bond acceptors (Lipinski definition) is 3. The Bertz CT molecular complexity index is 590. The van der Waals surface area contributed by atoms with E-state index < -0.39 is 0 Å². The summed E-state index contributed by atoms with van der Waals surface area (Å²) in [5, 5.41) is 8.79. The van der Waals surface area contributed by atoms with Crippen LogP contribution in [-0.4, -0.2) is 49.0 Å². The van der Waals surface area contributed by atoms with E-state index >= 15 is 0 Å². The monoisotopic (exact) mass is 445 g/mol. The fourth-order valence-corrected chi connectivity index (χ4v) is 2.29. The maximum absolute atomic E-state index is 11.5. The highest BCUT2D eigenvalue weighted by Crippen LogP contribution is 2.05. The van der Waals surface area contributed by atoms with Crippen molar-refractivity contribution < 1.29 is 9.59 Å². The lowest BCUT2D eigenvalue weighted by Crippen LogP contribution is -2.43. The minimum atomic E-state index is -0.335. The molecule has 1 saturated heterocycles. The van der Waals surface area contributed by atoms with Crippen LogP contribution >= 0.6 is 24.0 Å². The number of nitrogens with zero attached hydrogens (tertiary/aromatic N) is 2. The van der Waals surface area contributed by atoms with Crippen molar-refractivity contribution in [1.82, 2.24) is 20.9 Å². The Labute approximate surface area is 159 Å². The van der Waals surface area contributed by atoms with Crippen molar-refractivity contribution in [2.24, 2.45) is 4.99 Å². The number of urea groups is 1. The van der Waals surface area contributed by atoms with E-state index in [2.05, 4.69) is 40.0 Å². The fourth-order valence-electron chi connectivity index (χ4n) is 2.29. The lowest BCUT2D eigenvalue weighted by Gasteiger charge is -2.15. The number of aryl methyl sites for hydroxylation is 1. The van der Waals surface area contributed by atoms with Crippen LogP contribution in [0.2, 0.25) is 0 Å². The van der Waals surface area contributed by atoms with Crippen LogP contribution in [0.3, 0.4) is 0 Å². The van der Waals surface area contributed by atoms with E-state index in [1.54, 1.807) is 0 Å². The van der Waals surface area contributed by atoms with Crippen LogP contribution in [0.15, 0.2) is 29.3 Å². The van der Waals surface area contributed by atoms with Gasteiger partial charge < -0.3 is 16.0 Å². The lowest BCUT2D eigenvalue weighted by atomic mass is 10.1. The minimum absolute atomic E-state index is 0. The van der Waals surface area contributed by atoms with E-state index in [1.165, 1.54) is 10.5 Å². The first-order valence-corrected chi connectivity index (χ1v) is 7.76. The summed E-state index contributed by atoms with van der Waals surface area (Å²) in [5.41, 5.74) is 2.34. The maximum atomic E-state index is 11.5. The molecule has 24 heavy (non-hydrogen) atoms. The van der Waals surface area contributed by atoms with Crippen molar-refractivity contribution >= 4 is 41.9 Å². The van der Waals surface area contributed by atoms with Gasteiger partial charge in [0.05, 0.1) is 13.1 Å². The molecule has 1 aromatic carbocycles. The molecule has 0 bridgehead atoms. The van der Waals surface area contributed by atoms with E-state index in [-0.39, 0.29) is 42.5 Å². The molecule has 1 heterocycles. The highest BCUT2D eigenvalue weighted by atomic mass is 127. The number of carbonyl (C=O) groups excluding carboxylic acids is 2. The van der Waals surface area contributed by atoms with E-state index in [9.17, 15) is 9.59 Å². The molecular formula is C16H24IN5O2. The standard InChI is InChI=1S/C16H23N5O2.HI/c1-3-17-15(19-10-13-6-4-5-12(2)9-13)18-7-8-21-14(22)11-20-16(21)23;/h4-6,9H,3,7-8,10-11H2,1-2H3,(H,20,23)(H2,17,18,19);1H. The van der Waals surface area contributed by atoms with Gasteiger partial charge in [0.1, 0.15) is 0 Å². The second-order valence-corrected chi connectivity index (χ2v) is 5.32. The Hall–Kier alpha value is -1.84. The lowest BCUT2D eigenvalue weighted by molar-refractivity contribution is -0.124. The normalized spacial score (nSPS) is 14.2. The molecule has 3 amide bonds. The zero-order chi connectivity index (χ0) is 16.7. The number of guanidine groups is 1. The second-order valence-electron chi connectivity index (χ2n) is 5.32. The molecule has 1 aliphatic heterocycles. The van der Waals surface area contributed by atoms with Crippen LogP contribution in [0.25, 0.3) is 0 Å². The molecule has 8 heteroatoms. The summed E-state index contributed by atoms with van der Waals surface area (Å²) in [4.78, 5) is 28.7. The van der Waals surface area contributed by atoms with Gasteiger partial charge >= 0.3 is 6.03 Å². The molecule has 0 spiro atoms. The predicted molar refractivity (Wildman–Crippen MR) is 105 cm³/mol. The number of benzene rings is 1. The van der Waals surface area contributed by atoms with Crippen molar-refractivity contribution in [2.45, 2.75) is 20.4 Å². The molecular weight excluding hydrogens is 421 g/mol. The average molecular weight is 445 g/mol. The zero-order valence-electron chi connectivity index (χ0n) is 14.0. The number of imide groups is 1. The van der Waals surface area contributed by atoms with Gasteiger partial charge in [0.15, 0.2) is 5.96 Å². The number of carbonyl (C=O) groups is 2. The number of hydrogen-bond donors (Lipinski definition) is 3. The van der Waals surface area contributed by atoms with Crippen LogP contribution < -0.4 is 16.0 Å². The van der Waals surface area contributed by atoms with Crippen molar-refractivity contribution in [2.75, 3.05) is 26.2 Å². The first-order chi connectivity index (χ1) is 11.1. The molecule has 0 aromatic heterocycles. The van der Waals surface area contributed by atoms with Crippen LogP contribution in [-0.2, 0) is 11.3 Å². The third-order valence-corrected chi connectivity index (χ3v) is 3.41. The third-order valence-electron chi connectivity index (χ3n) is 3.41. The Kier molecular flexibility index (Phi) is 8.51. The summed E-state index contributed by atoms with van der Waals surface area (Å²) >= 11 is 0. The Morgan fingerprint density at radius 3 is 2.75 bits per heavy atom. The van der Waals surface area contributed by atoms with Crippen LogP contribution in [0.5, 0.6) is 0 Å². The smallest absolute Gasteiger partial charge is 0.324 e. The number of amides is 3. The van der Waals surface area contributed by atoms with Gasteiger partial charge in [-0.1, -0.05) is 29.8 Å². The van der Waals surface area contributed by atoms with E-state index in [1.807, 2.05) is 19.1 Å². The Balaban J connectivity index is 0.00000288. The summed E-state index contributed by atoms with van der Waals surface area (Å²) in [6.07, 6.45) is 0. The molecule has 1 fully saturated rings. The molecule has 1 aliphatic rings. The maximum Gasteiger partial charge on any atom is 0.324 e. The molecule has 2 rings (SSSR count). The number of aliphatic imine (C=N–C) groups is 1. The molecule has 0 saturated carbocycles. The minimum Gasteiger partial charge on any atom is -0.357 e. The number of halogens is 1. The van der Waals surface area contributed by atoms with Gasteiger partial charge in [-0.15, -0.1) is 24.0 Å². The van der Waals surface area contributed by atoms with Crippen molar-refractivity contribution in [3.05, 3.63) is 35.4 Å². The molecule has 3 N–H and O–H groups in total. The van der Waals surface area contributed by atoms with E-state index in [0.29, 0.717) is 25.6 Å². The summed E-state index contributed by atoms with van der Waals surface area (Å²) in [6.45, 7) is 6.21. The predicted octanol–water partition coefficient (Wildman–Crippen LogP) is 1.22. The highest BCUT2D eigenvalue weighted by molar-refractivity contribution is 14.0. The van der Waals surface area contributed by atoms with Gasteiger partial charge in [0.25, 0.3) is 0 Å². The van der Waals surface area contributed by atoms with Gasteiger partial charge in [0, 0.05) is 19.6 Å². The number of nitrogens with one attached hydrogen (secondary N) is 3. The molecule has 0 atom stereocenters. The zero-order valence-corrected chi connectivity index (χ0v) is 16.3. The number of rotatable bonds is 6. The van der Waals surface area contributed by atoms with E-state index in [4.69, 9.17) is 0 Å². The first kappa shape index (κ1) is 20.2. The van der Waals surface area contributed by atoms with Crippen LogP contribution in [0.1, 0.15) is 18.1 Å². The molecule has 7 nitrogen and oxygen atoms in total. The van der Waals surface area contributed by atoms with Gasteiger partial charge in [-0.2, -0.15) is 0 Å². The molecule has 0 aliphatic carbocycles. The molecule has 0 unspecified atom stereocenters. The third kappa shape index (κ3) is 5.99. The Morgan fingerprint density at radius 1 is 1.33 bits per heavy atom. The molecule has 0 radical (unpaired) electrons.